The summed E-state index contributed by atoms with van der Waals surface area (Å²) >= 11 is 0. The van der Waals surface area contributed by atoms with Crippen molar-refractivity contribution in [2.75, 3.05) is 5.73 Å². The van der Waals surface area contributed by atoms with Crippen LogP contribution in [0.2, 0.25) is 0 Å². The molecule has 274 valence electrons. The Bertz CT molecular complexity index is 2110. The van der Waals surface area contributed by atoms with Gasteiger partial charge in [0.2, 0.25) is 0 Å². The van der Waals surface area contributed by atoms with Gasteiger partial charge in [-0.2, -0.15) is 5.10 Å². The number of hydrogen-bond donors (Lipinski definition) is 4. The topological polar surface area (TPSA) is 123 Å². The molecule has 2 heterocycles. The predicted octanol–water partition coefficient (Wildman–Crippen LogP) is 9.25. The summed E-state index contributed by atoms with van der Waals surface area (Å²) in [5.74, 6) is 1.39. The Morgan fingerprint density at radius 2 is 1.71 bits per heavy atom. The minimum Gasteiger partial charge on any atom is -0.460 e. The van der Waals surface area contributed by atoms with Gasteiger partial charge in [0.15, 0.2) is 0 Å². The number of benzene rings is 2. The first-order valence-corrected chi connectivity index (χ1v) is 19.8. The number of rotatable bonds is 4. The van der Waals surface area contributed by atoms with Gasteiger partial charge in [-0.3, -0.25) is 9.89 Å². The highest BCUT2D eigenvalue weighted by molar-refractivity contribution is 5.87. The van der Waals surface area contributed by atoms with Gasteiger partial charge < -0.3 is 21.2 Å². The third-order valence-electron chi connectivity index (χ3n) is 16.0. The maximum Gasteiger partial charge on any atom is 0.313 e. The summed E-state index contributed by atoms with van der Waals surface area (Å²) in [6.45, 7) is 15.0. The highest BCUT2D eigenvalue weighted by atomic mass is 16.5. The third kappa shape index (κ3) is 4.53. The molecule has 0 radical (unpaired) electrons. The first-order valence-electron chi connectivity index (χ1n) is 19.8. The minimum absolute atomic E-state index is 0.0115. The molecule has 0 amide bonds. The van der Waals surface area contributed by atoms with E-state index in [1.807, 2.05) is 36.5 Å². The lowest BCUT2D eigenvalue weighted by molar-refractivity contribution is -0.174. The Morgan fingerprint density at radius 1 is 0.942 bits per heavy atom. The monoisotopic (exact) mass is 699 g/mol. The molecule has 52 heavy (non-hydrogen) atoms. The number of carbonyl (C=O) groups excluding carboxylic acids is 1. The van der Waals surface area contributed by atoms with Gasteiger partial charge in [0.05, 0.1) is 5.41 Å². The van der Waals surface area contributed by atoms with Crippen molar-refractivity contribution in [3.63, 3.8) is 0 Å². The molecule has 0 spiro atoms. The molecule has 0 saturated heterocycles. The van der Waals surface area contributed by atoms with Gasteiger partial charge in [-0.1, -0.05) is 77.9 Å². The van der Waals surface area contributed by atoms with Gasteiger partial charge in [0.25, 0.3) is 0 Å². The molecule has 7 nitrogen and oxygen atoms in total. The maximum absolute atomic E-state index is 14.8. The molecular weight excluding hydrogens is 643 g/mol. The number of aromatic amines is 2. The van der Waals surface area contributed by atoms with Gasteiger partial charge in [-0.05, 0) is 138 Å². The average Bonchev–Trinajstić information content (AvgIpc) is 3.73. The molecular formula is C45H57N5O2. The molecule has 2 aromatic carbocycles. The number of nitrogen functional groups attached to an aromatic ring is 1. The molecule has 5 aliphatic rings. The van der Waals surface area contributed by atoms with Crippen molar-refractivity contribution in [2.45, 2.75) is 117 Å². The first kappa shape index (κ1) is 34.0. The summed E-state index contributed by atoms with van der Waals surface area (Å²) in [7, 11) is 0. The fourth-order valence-electron chi connectivity index (χ4n) is 13.2. The fourth-order valence-corrected chi connectivity index (χ4v) is 13.2. The van der Waals surface area contributed by atoms with Crippen LogP contribution in [0.4, 0.5) is 5.82 Å². The van der Waals surface area contributed by atoms with E-state index in [1.54, 1.807) is 0 Å². The number of anilines is 1. The summed E-state index contributed by atoms with van der Waals surface area (Å²) < 4.78 is 6.35. The number of allylic oxidation sites excluding steroid dienone is 1. The van der Waals surface area contributed by atoms with Gasteiger partial charge in [0.1, 0.15) is 12.4 Å². The molecule has 4 aromatic rings. The van der Waals surface area contributed by atoms with E-state index in [9.17, 15) is 4.79 Å². The number of hydrogen-bond acceptors (Lipinski definition) is 5. The molecule has 7 atom stereocenters. The van der Waals surface area contributed by atoms with Crippen LogP contribution >= 0.6 is 0 Å². The Hall–Kier alpha value is -3.84. The smallest absolute Gasteiger partial charge is 0.313 e. The number of fused-ring (bicyclic) bond motifs is 9. The van der Waals surface area contributed by atoms with E-state index >= 15 is 0 Å². The highest BCUT2D eigenvalue weighted by Gasteiger charge is 2.71. The largest absolute Gasteiger partial charge is 0.460 e. The molecule has 5 aliphatic carbocycles. The van der Waals surface area contributed by atoms with Crippen LogP contribution < -0.4 is 11.5 Å². The molecule has 2 aromatic heterocycles. The van der Waals surface area contributed by atoms with E-state index in [4.69, 9.17) is 16.2 Å². The Kier molecular flexibility index (Phi) is 7.25. The van der Waals surface area contributed by atoms with Crippen molar-refractivity contribution in [1.29, 1.82) is 0 Å². The molecule has 0 aliphatic heterocycles. The van der Waals surface area contributed by atoms with Crippen LogP contribution in [0.15, 0.2) is 66.4 Å². The van der Waals surface area contributed by atoms with E-state index in [0.717, 1.165) is 68.9 Å². The van der Waals surface area contributed by atoms with Crippen LogP contribution in [0.5, 0.6) is 0 Å². The zero-order valence-corrected chi connectivity index (χ0v) is 32.0. The van der Waals surface area contributed by atoms with Crippen LogP contribution in [0.25, 0.3) is 16.5 Å². The summed E-state index contributed by atoms with van der Waals surface area (Å²) in [4.78, 5) is 18.2. The van der Waals surface area contributed by atoms with Crippen LogP contribution in [-0.2, 0) is 28.0 Å². The molecule has 0 bridgehead atoms. The van der Waals surface area contributed by atoms with E-state index in [1.165, 1.54) is 33.4 Å². The average molecular weight is 700 g/mol. The van der Waals surface area contributed by atoms with Crippen molar-refractivity contribution in [2.24, 2.45) is 45.1 Å². The van der Waals surface area contributed by atoms with Gasteiger partial charge in [0, 0.05) is 33.9 Å². The van der Waals surface area contributed by atoms with Crippen molar-refractivity contribution >= 4 is 28.3 Å². The number of nitrogens with two attached hydrogens (primary N) is 2. The first-order chi connectivity index (χ1) is 24.6. The Balaban J connectivity index is 1.24. The zero-order chi connectivity index (χ0) is 36.5. The minimum atomic E-state index is -0.594. The predicted molar refractivity (Wildman–Crippen MR) is 208 cm³/mol. The number of H-pyrrole nitrogens is 2. The Morgan fingerprint density at radius 3 is 2.50 bits per heavy atom. The van der Waals surface area contributed by atoms with Gasteiger partial charge >= 0.3 is 5.97 Å². The molecule has 9 rings (SSSR count). The number of aromatic nitrogens is 3. The molecule has 6 N–H and O–H groups in total. The number of carbonyl (C=O) groups is 1. The van der Waals surface area contributed by atoms with Gasteiger partial charge in [-0.15, -0.1) is 0 Å². The summed E-state index contributed by atoms with van der Waals surface area (Å²) in [5, 5.41) is 9.13. The number of ether oxygens (including phenoxy) is 1. The normalized spacial score (nSPS) is 35.9. The summed E-state index contributed by atoms with van der Waals surface area (Å²) in [6, 6.07) is 19.2. The molecule has 3 unspecified atom stereocenters. The SMILES string of the molecule is CC1(C)CC[C@]2(C(=O)OCc3ccccc3)CC[C@]3(N)C(=C(c4ccc5[nH]ccc5c4)CC4[C@@]5(C)Cc6c(N)n[nH]c6C(C)(C)C5CC[C@]43C)C2C1. The van der Waals surface area contributed by atoms with E-state index in [2.05, 4.69) is 81.0 Å². The van der Waals surface area contributed by atoms with Crippen molar-refractivity contribution in [3.8, 4) is 0 Å². The van der Waals surface area contributed by atoms with Crippen molar-refractivity contribution < 1.29 is 9.53 Å². The van der Waals surface area contributed by atoms with E-state index < -0.39 is 11.0 Å². The number of nitrogens with zero attached hydrogens (tertiary/aromatic N) is 1. The molecule has 3 saturated carbocycles. The lowest BCUT2D eigenvalue weighted by Crippen LogP contribution is -2.71. The zero-order valence-electron chi connectivity index (χ0n) is 32.0. The lowest BCUT2D eigenvalue weighted by atomic mass is 9.34. The maximum atomic E-state index is 14.8. The third-order valence-corrected chi connectivity index (χ3v) is 16.0. The van der Waals surface area contributed by atoms with E-state index in [0.29, 0.717) is 24.3 Å². The fraction of sp³-hybridized carbons (Fsp3) is 0.556. The molecule has 3 fully saturated rings. The van der Waals surface area contributed by atoms with Gasteiger partial charge in [-0.25, -0.2) is 0 Å². The van der Waals surface area contributed by atoms with Crippen LogP contribution in [0.3, 0.4) is 0 Å². The Labute approximate surface area is 308 Å². The second-order valence-electron chi connectivity index (χ2n) is 19.4. The number of esters is 1. The standard InChI is InChI=1S/C45H57N5O2/c1-40(2)17-18-44(39(51)52-26-27-10-8-7-9-11-27)19-20-45(47)36(32(44)25-40)30(28-12-13-33-29(22-28)15-21-48-33)23-35-42(5)24-31-37(49-50-38(31)46)41(3,4)34(42)14-16-43(35,45)6/h7-13,15,21-22,32,34-35,48H,14,16-20,23-26,47H2,1-6H3,(H3,46,49,50)/t32?,34?,35?,42-,43+,44-,45-/m0/s1. The quantitative estimate of drug-likeness (QED) is 0.158. The molecule has 7 heteroatoms. The van der Waals surface area contributed by atoms with Crippen LogP contribution in [0.1, 0.15) is 115 Å². The summed E-state index contributed by atoms with van der Waals surface area (Å²) in [6.07, 6.45) is 10.3. The van der Waals surface area contributed by atoms with E-state index in [-0.39, 0.29) is 33.5 Å². The van der Waals surface area contributed by atoms with Crippen LogP contribution in [0, 0.1) is 39.4 Å². The lowest BCUT2D eigenvalue weighted by Gasteiger charge is -2.71. The highest BCUT2D eigenvalue weighted by Crippen LogP contribution is 2.74. The van der Waals surface area contributed by atoms with Crippen molar-refractivity contribution in [3.05, 3.63) is 88.8 Å². The van der Waals surface area contributed by atoms with Crippen molar-refractivity contribution in [1.82, 2.24) is 15.2 Å². The second-order valence-corrected chi connectivity index (χ2v) is 19.4. The number of nitrogens with one attached hydrogen (secondary N) is 2. The van der Waals surface area contributed by atoms with Crippen LogP contribution in [-0.4, -0.2) is 26.7 Å². The second kappa shape index (κ2) is 11.1. The summed E-state index contributed by atoms with van der Waals surface area (Å²) in [5.41, 5.74) is 22.1.